The second-order valence-electron chi connectivity index (χ2n) is 11.3. The Balaban J connectivity index is 1.33. The first kappa shape index (κ1) is 28.5. The van der Waals surface area contributed by atoms with E-state index >= 15 is 0 Å². The molecule has 40 heavy (non-hydrogen) atoms. The summed E-state index contributed by atoms with van der Waals surface area (Å²) < 4.78 is 38.5. The highest BCUT2D eigenvalue weighted by Gasteiger charge is 2.39. The van der Waals surface area contributed by atoms with Gasteiger partial charge in [0.05, 0.1) is 19.1 Å². The Labute approximate surface area is 239 Å². The van der Waals surface area contributed by atoms with Gasteiger partial charge < -0.3 is 14.4 Å². The van der Waals surface area contributed by atoms with Crippen LogP contribution in [0.3, 0.4) is 0 Å². The van der Waals surface area contributed by atoms with Gasteiger partial charge >= 0.3 is 0 Å². The molecule has 0 unspecified atom stereocenters. The molecular weight excluding hydrogens is 530 g/mol. The van der Waals surface area contributed by atoms with Gasteiger partial charge in [0.1, 0.15) is 5.75 Å². The summed E-state index contributed by atoms with van der Waals surface area (Å²) in [6, 6.07) is 14.4. The molecule has 2 aromatic carbocycles. The fraction of sp³-hybridized carbons (Fsp3) is 0.500. The molecule has 0 aliphatic heterocycles. The maximum Gasteiger partial charge on any atom is 0.273 e. The number of alkyl halides is 2. The SMILES string of the molecule is COc1ncc(-c2cccc(N(CC3CCC(c4ccc(OC)c(C)c4)CC3)C(=O)C3CCC(F)(F)CC3)c2)s1. The van der Waals surface area contributed by atoms with Crippen molar-refractivity contribution in [2.45, 2.75) is 70.1 Å². The van der Waals surface area contributed by atoms with Crippen molar-refractivity contribution in [3.63, 3.8) is 0 Å². The van der Waals surface area contributed by atoms with Gasteiger partial charge in [0.15, 0.2) is 0 Å². The van der Waals surface area contributed by atoms with Gasteiger partial charge in [0.25, 0.3) is 5.19 Å². The van der Waals surface area contributed by atoms with E-state index in [2.05, 4.69) is 30.1 Å². The van der Waals surface area contributed by atoms with Crippen LogP contribution in [0.25, 0.3) is 10.4 Å². The summed E-state index contributed by atoms with van der Waals surface area (Å²) >= 11 is 1.45. The average molecular weight is 569 g/mol. The van der Waals surface area contributed by atoms with Crippen molar-refractivity contribution in [3.05, 3.63) is 59.8 Å². The van der Waals surface area contributed by atoms with Crippen LogP contribution in [0.1, 0.15) is 68.4 Å². The molecule has 0 spiro atoms. The van der Waals surface area contributed by atoms with Gasteiger partial charge in [0.2, 0.25) is 11.8 Å². The van der Waals surface area contributed by atoms with E-state index in [4.69, 9.17) is 9.47 Å². The number of aryl methyl sites for hydroxylation is 1. The molecule has 5 rings (SSSR count). The number of hydrogen-bond donors (Lipinski definition) is 0. The Hall–Kier alpha value is -3.00. The van der Waals surface area contributed by atoms with E-state index in [-0.39, 0.29) is 37.5 Å². The predicted molar refractivity (Wildman–Crippen MR) is 156 cm³/mol. The van der Waals surface area contributed by atoms with Crippen LogP contribution in [0.15, 0.2) is 48.7 Å². The van der Waals surface area contributed by atoms with Crippen LogP contribution in [0, 0.1) is 18.8 Å². The lowest BCUT2D eigenvalue weighted by atomic mass is 9.78. The van der Waals surface area contributed by atoms with Crippen LogP contribution in [0.5, 0.6) is 10.9 Å². The average Bonchev–Trinajstić information content (AvgIpc) is 3.46. The molecule has 0 N–H and O–H groups in total. The minimum absolute atomic E-state index is 0.0255. The number of anilines is 1. The lowest BCUT2D eigenvalue weighted by Gasteiger charge is -2.36. The molecule has 214 valence electrons. The zero-order chi connectivity index (χ0) is 28.3. The number of carbonyl (C=O) groups is 1. The third-order valence-electron chi connectivity index (χ3n) is 8.61. The third kappa shape index (κ3) is 6.48. The van der Waals surface area contributed by atoms with Gasteiger partial charge in [-0.1, -0.05) is 35.6 Å². The van der Waals surface area contributed by atoms with Crippen LogP contribution in [-0.2, 0) is 4.79 Å². The Bertz CT molecular complexity index is 1310. The number of amides is 1. The molecule has 1 heterocycles. The monoisotopic (exact) mass is 568 g/mol. The highest BCUT2D eigenvalue weighted by molar-refractivity contribution is 7.16. The molecule has 2 fully saturated rings. The van der Waals surface area contributed by atoms with Crippen molar-refractivity contribution >= 4 is 22.9 Å². The fourth-order valence-electron chi connectivity index (χ4n) is 6.24. The number of nitrogens with zero attached hydrogens (tertiary/aromatic N) is 2. The van der Waals surface area contributed by atoms with Gasteiger partial charge in [-0.25, -0.2) is 13.8 Å². The van der Waals surface area contributed by atoms with Crippen molar-refractivity contribution in [2.24, 2.45) is 11.8 Å². The Kier molecular flexibility index (Phi) is 8.74. The second kappa shape index (κ2) is 12.2. The predicted octanol–water partition coefficient (Wildman–Crippen LogP) is 8.27. The molecule has 0 bridgehead atoms. The maximum atomic E-state index is 13.9. The van der Waals surface area contributed by atoms with E-state index in [0.717, 1.165) is 53.1 Å². The molecule has 0 radical (unpaired) electrons. The molecule has 1 amide bonds. The quantitative estimate of drug-likeness (QED) is 0.274. The number of methoxy groups -OCH3 is 2. The number of hydrogen-bond acceptors (Lipinski definition) is 5. The van der Waals surface area contributed by atoms with Gasteiger partial charge in [0, 0.05) is 37.2 Å². The first-order valence-electron chi connectivity index (χ1n) is 14.2. The Morgan fingerprint density at radius 3 is 2.42 bits per heavy atom. The van der Waals surface area contributed by atoms with Gasteiger partial charge in [-0.15, -0.1) is 0 Å². The summed E-state index contributed by atoms with van der Waals surface area (Å²) in [6.07, 6.45) is 5.98. The number of carbonyl (C=O) groups excluding carboxylic acids is 1. The number of halogens is 2. The third-order valence-corrected chi connectivity index (χ3v) is 9.62. The lowest BCUT2D eigenvalue weighted by molar-refractivity contribution is -0.126. The summed E-state index contributed by atoms with van der Waals surface area (Å²) in [6.45, 7) is 2.69. The van der Waals surface area contributed by atoms with E-state index < -0.39 is 5.92 Å². The molecule has 5 nitrogen and oxygen atoms in total. The molecule has 2 saturated carbocycles. The zero-order valence-electron chi connectivity index (χ0n) is 23.5. The Morgan fingerprint density at radius 1 is 1.02 bits per heavy atom. The van der Waals surface area contributed by atoms with Crippen LogP contribution >= 0.6 is 11.3 Å². The summed E-state index contributed by atoms with van der Waals surface area (Å²) in [5, 5.41) is 0.584. The molecular formula is C32H38F2N2O3S. The van der Waals surface area contributed by atoms with Crippen LogP contribution in [0.2, 0.25) is 0 Å². The Morgan fingerprint density at radius 2 is 1.77 bits per heavy atom. The van der Waals surface area contributed by atoms with E-state index in [0.29, 0.717) is 23.6 Å². The smallest absolute Gasteiger partial charge is 0.273 e. The fourth-order valence-corrected chi connectivity index (χ4v) is 6.96. The van der Waals surface area contributed by atoms with E-state index in [9.17, 15) is 13.6 Å². The van der Waals surface area contributed by atoms with Gasteiger partial charge in [-0.2, -0.15) is 0 Å². The first-order chi connectivity index (χ1) is 19.3. The zero-order valence-corrected chi connectivity index (χ0v) is 24.3. The number of aromatic nitrogens is 1. The van der Waals surface area contributed by atoms with E-state index in [1.54, 1.807) is 20.4 Å². The van der Waals surface area contributed by atoms with Crippen LogP contribution in [-0.4, -0.2) is 37.6 Å². The summed E-state index contributed by atoms with van der Waals surface area (Å²) in [5.41, 5.74) is 4.28. The summed E-state index contributed by atoms with van der Waals surface area (Å²) in [5.74, 6) is -1.30. The van der Waals surface area contributed by atoms with Crippen molar-refractivity contribution in [1.82, 2.24) is 4.98 Å². The van der Waals surface area contributed by atoms with Crippen molar-refractivity contribution in [3.8, 4) is 21.4 Å². The molecule has 2 aliphatic rings. The minimum atomic E-state index is -2.66. The van der Waals surface area contributed by atoms with Crippen LogP contribution in [0.4, 0.5) is 14.5 Å². The first-order valence-corrected chi connectivity index (χ1v) is 15.0. The number of benzene rings is 2. The summed E-state index contributed by atoms with van der Waals surface area (Å²) in [4.78, 5) is 21.0. The highest BCUT2D eigenvalue weighted by atomic mass is 32.1. The standard InChI is InChI=1S/C32H38F2N2O3S/c1-21-17-25(11-12-28(21)38-2)23-9-7-22(8-10-23)20-36(30(37)24-13-15-32(33,34)16-14-24)27-6-4-5-26(18-27)29-19-35-31(39-3)40-29/h4-6,11-12,17-19,22-24H,7-10,13-16,20H2,1-3H3. The van der Waals surface area contributed by atoms with Crippen molar-refractivity contribution in [1.29, 1.82) is 0 Å². The normalized spacial score (nSPS) is 21.1. The molecule has 2 aliphatic carbocycles. The van der Waals surface area contributed by atoms with Crippen molar-refractivity contribution < 1.29 is 23.0 Å². The molecule has 3 aromatic rings. The number of thiazole rings is 1. The van der Waals surface area contributed by atoms with Crippen LogP contribution < -0.4 is 14.4 Å². The number of rotatable bonds is 8. The van der Waals surface area contributed by atoms with Gasteiger partial charge in [-0.05, 0) is 92.2 Å². The molecule has 8 heteroatoms. The molecule has 1 aromatic heterocycles. The largest absolute Gasteiger partial charge is 0.496 e. The molecule has 0 saturated heterocycles. The maximum absolute atomic E-state index is 13.9. The second-order valence-corrected chi connectivity index (χ2v) is 12.3. The molecule has 0 atom stereocenters. The van der Waals surface area contributed by atoms with Crippen molar-refractivity contribution in [2.75, 3.05) is 25.7 Å². The number of ether oxygens (including phenoxy) is 2. The van der Waals surface area contributed by atoms with Gasteiger partial charge in [-0.3, -0.25) is 4.79 Å². The topological polar surface area (TPSA) is 51.7 Å². The summed E-state index contributed by atoms with van der Waals surface area (Å²) in [7, 11) is 3.29. The lowest BCUT2D eigenvalue weighted by Crippen LogP contribution is -2.42. The van der Waals surface area contributed by atoms with E-state index in [1.807, 2.05) is 29.2 Å². The minimum Gasteiger partial charge on any atom is -0.496 e. The van der Waals surface area contributed by atoms with E-state index in [1.165, 1.54) is 16.9 Å². The highest BCUT2D eigenvalue weighted by Crippen LogP contribution is 2.41.